The third kappa shape index (κ3) is 5.41. The van der Waals surface area contributed by atoms with Crippen molar-refractivity contribution >= 4 is 17.4 Å². The van der Waals surface area contributed by atoms with Crippen molar-refractivity contribution in [1.82, 2.24) is 14.5 Å². The highest BCUT2D eigenvalue weighted by molar-refractivity contribution is 6.46. The molecule has 3 aromatic rings. The van der Waals surface area contributed by atoms with E-state index in [1.165, 1.54) is 4.90 Å². The number of nitrogens with zero attached hydrogens (tertiary/aromatic N) is 3. The van der Waals surface area contributed by atoms with Gasteiger partial charge >= 0.3 is 0 Å². The highest BCUT2D eigenvalue weighted by Crippen LogP contribution is 2.43. The van der Waals surface area contributed by atoms with Crippen LogP contribution >= 0.6 is 0 Å². The first-order valence-electron chi connectivity index (χ1n) is 13.8. The Labute approximate surface area is 234 Å². The minimum absolute atomic E-state index is 0.0407. The van der Waals surface area contributed by atoms with Crippen LogP contribution in [0, 0.1) is 0 Å². The molecule has 0 spiro atoms. The van der Waals surface area contributed by atoms with E-state index < -0.39 is 17.7 Å². The average molecular weight is 546 g/mol. The van der Waals surface area contributed by atoms with Gasteiger partial charge in [0.05, 0.1) is 31.7 Å². The third-order valence-corrected chi connectivity index (χ3v) is 7.34. The van der Waals surface area contributed by atoms with Crippen molar-refractivity contribution in [2.75, 3.05) is 20.3 Å². The number of imidazole rings is 1. The summed E-state index contributed by atoms with van der Waals surface area (Å²) < 4.78 is 19.2. The van der Waals surface area contributed by atoms with Crippen molar-refractivity contribution in [2.45, 2.75) is 58.2 Å². The lowest BCUT2D eigenvalue weighted by Gasteiger charge is -2.26. The standard InChI is InChI=1S/C31H35N3O6/c1-4-5-15-39-25-10-7-21(18-26(25)38-3)28-27(29(35)22-8-9-24-23(17-22)16-20(2)40-24)30(36)31(37)34(28)13-6-12-33-14-11-32-19-33/h7-11,14,17-20,28,35H,4-6,12-13,15-16H2,1-3H3/t20-,28-/m1/s1. The molecule has 2 atom stereocenters. The SMILES string of the molecule is CCCCOc1ccc([C@@H]2C(=C(O)c3ccc4c(c3)C[C@@H](C)O4)C(=O)C(=O)N2CCCn2ccnc2)cc1OC. The van der Waals surface area contributed by atoms with Gasteiger partial charge in [-0.05, 0) is 61.2 Å². The lowest BCUT2D eigenvalue weighted by molar-refractivity contribution is -0.139. The fourth-order valence-electron chi connectivity index (χ4n) is 5.32. The average Bonchev–Trinajstić information content (AvgIpc) is 3.67. The summed E-state index contributed by atoms with van der Waals surface area (Å²) in [6, 6.07) is 9.98. The number of aromatic nitrogens is 2. The van der Waals surface area contributed by atoms with E-state index in [0.29, 0.717) is 55.2 Å². The first-order chi connectivity index (χ1) is 19.4. The number of aliphatic hydroxyl groups excluding tert-OH is 1. The topological polar surface area (TPSA) is 103 Å². The molecule has 1 N–H and O–H groups in total. The van der Waals surface area contributed by atoms with Gasteiger partial charge in [-0.2, -0.15) is 0 Å². The van der Waals surface area contributed by atoms with Crippen molar-refractivity contribution in [2.24, 2.45) is 0 Å². The van der Waals surface area contributed by atoms with Gasteiger partial charge in [0.15, 0.2) is 11.5 Å². The van der Waals surface area contributed by atoms with Gasteiger partial charge in [0.25, 0.3) is 11.7 Å². The van der Waals surface area contributed by atoms with Gasteiger partial charge in [-0.15, -0.1) is 0 Å². The van der Waals surface area contributed by atoms with Gasteiger partial charge in [-0.3, -0.25) is 9.59 Å². The van der Waals surface area contributed by atoms with Crippen LogP contribution in [0.2, 0.25) is 0 Å². The van der Waals surface area contributed by atoms with Crippen LogP contribution in [0.15, 0.2) is 60.7 Å². The van der Waals surface area contributed by atoms with Gasteiger partial charge in [-0.25, -0.2) is 4.98 Å². The van der Waals surface area contributed by atoms with Crippen molar-refractivity contribution in [1.29, 1.82) is 0 Å². The molecule has 40 heavy (non-hydrogen) atoms. The number of aliphatic hydroxyl groups is 1. The van der Waals surface area contributed by atoms with Crippen LogP contribution in [0.3, 0.4) is 0 Å². The highest BCUT2D eigenvalue weighted by atomic mass is 16.5. The molecule has 2 aliphatic heterocycles. The number of carbonyl (C=O) groups excluding carboxylic acids is 2. The number of ketones is 1. The Balaban J connectivity index is 1.53. The van der Waals surface area contributed by atoms with Crippen molar-refractivity contribution in [3.63, 3.8) is 0 Å². The molecule has 1 aromatic heterocycles. The number of hydrogen-bond acceptors (Lipinski definition) is 7. The van der Waals surface area contributed by atoms with E-state index in [4.69, 9.17) is 14.2 Å². The lowest BCUT2D eigenvalue weighted by Crippen LogP contribution is -2.31. The van der Waals surface area contributed by atoms with Crippen LogP contribution < -0.4 is 14.2 Å². The predicted molar refractivity (Wildman–Crippen MR) is 149 cm³/mol. The Hall–Kier alpha value is -4.27. The smallest absolute Gasteiger partial charge is 0.295 e. The van der Waals surface area contributed by atoms with Crippen LogP contribution in [0.5, 0.6) is 17.2 Å². The Morgan fingerprint density at radius 3 is 2.73 bits per heavy atom. The largest absolute Gasteiger partial charge is 0.507 e. The molecule has 9 heteroatoms. The Morgan fingerprint density at radius 1 is 1.12 bits per heavy atom. The molecule has 0 unspecified atom stereocenters. The van der Waals surface area contributed by atoms with Gasteiger partial charge in [0, 0.05) is 37.5 Å². The van der Waals surface area contributed by atoms with Crippen LogP contribution in [0.4, 0.5) is 0 Å². The van der Waals surface area contributed by atoms with E-state index in [2.05, 4.69) is 11.9 Å². The van der Waals surface area contributed by atoms with Crippen molar-refractivity contribution in [3.05, 3.63) is 77.4 Å². The van der Waals surface area contributed by atoms with Gasteiger partial charge < -0.3 is 28.8 Å². The maximum Gasteiger partial charge on any atom is 0.295 e. The fraction of sp³-hybridized carbons (Fsp3) is 0.387. The number of aryl methyl sites for hydroxylation is 1. The summed E-state index contributed by atoms with van der Waals surface area (Å²) in [6.45, 7) is 5.58. The van der Waals surface area contributed by atoms with Crippen LogP contribution in [-0.4, -0.2) is 57.6 Å². The number of amides is 1. The second kappa shape index (κ2) is 11.9. The normalized spacial score (nSPS) is 19.5. The van der Waals surface area contributed by atoms with Crippen LogP contribution in [-0.2, 0) is 22.6 Å². The molecule has 1 amide bonds. The van der Waals surface area contributed by atoms with Gasteiger partial charge in [0.1, 0.15) is 17.6 Å². The van der Waals surface area contributed by atoms with Crippen molar-refractivity contribution in [3.8, 4) is 17.2 Å². The fourth-order valence-corrected chi connectivity index (χ4v) is 5.32. The zero-order chi connectivity index (χ0) is 28.2. The predicted octanol–water partition coefficient (Wildman–Crippen LogP) is 4.91. The monoisotopic (exact) mass is 545 g/mol. The summed E-state index contributed by atoms with van der Waals surface area (Å²) in [5.41, 5.74) is 2.14. The first-order valence-corrected chi connectivity index (χ1v) is 13.8. The molecule has 0 saturated carbocycles. The second-order valence-corrected chi connectivity index (χ2v) is 10.2. The van der Waals surface area contributed by atoms with E-state index in [-0.39, 0.29) is 17.4 Å². The van der Waals surface area contributed by atoms with E-state index in [1.807, 2.05) is 29.8 Å². The summed E-state index contributed by atoms with van der Waals surface area (Å²) in [5, 5.41) is 11.5. The number of Topliss-reactive ketones (excluding diaryl/α,β-unsaturated/α-hetero) is 1. The molecule has 1 saturated heterocycles. The second-order valence-electron chi connectivity index (χ2n) is 10.2. The number of benzene rings is 2. The highest BCUT2D eigenvalue weighted by Gasteiger charge is 2.46. The molecule has 5 rings (SSSR count). The zero-order valence-electron chi connectivity index (χ0n) is 23.1. The summed E-state index contributed by atoms with van der Waals surface area (Å²) in [6.07, 6.45) is 8.53. The molecule has 210 valence electrons. The third-order valence-electron chi connectivity index (χ3n) is 7.34. The Bertz CT molecular complexity index is 1410. The number of ether oxygens (including phenoxy) is 3. The van der Waals surface area contributed by atoms with Gasteiger partial charge in [-0.1, -0.05) is 19.4 Å². The minimum atomic E-state index is -0.787. The van der Waals surface area contributed by atoms with Gasteiger partial charge in [0.2, 0.25) is 0 Å². The first kappa shape index (κ1) is 27.3. The molecule has 0 aliphatic carbocycles. The summed E-state index contributed by atoms with van der Waals surface area (Å²) in [5.74, 6) is 0.301. The Morgan fingerprint density at radius 2 is 1.98 bits per heavy atom. The molecule has 0 radical (unpaired) electrons. The number of likely N-dealkylation sites (tertiary alicyclic amines) is 1. The quantitative estimate of drug-likeness (QED) is 0.158. The molecule has 2 aromatic carbocycles. The maximum atomic E-state index is 13.5. The molecular formula is C31H35N3O6. The van der Waals surface area contributed by atoms with E-state index in [1.54, 1.807) is 43.9 Å². The summed E-state index contributed by atoms with van der Waals surface area (Å²) >= 11 is 0. The molecule has 0 bridgehead atoms. The van der Waals surface area contributed by atoms with Crippen molar-refractivity contribution < 1.29 is 28.9 Å². The molecule has 1 fully saturated rings. The Kier molecular flexibility index (Phi) is 8.09. The summed E-state index contributed by atoms with van der Waals surface area (Å²) in [4.78, 5) is 32.5. The molecular weight excluding hydrogens is 510 g/mol. The van der Waals surface area contributed by atoms with Crippen LogP contribution in [0.25, 0.3) is 5.76 Å². The number of unbranched alkanes of at least 4 members (excludes halogenated alkanes) is 1. The van der Waals surface area contributed by atoms with E-state index in [0.717, 1.165) is 24.2 Å². The summed E-state index contributed by atoms with van der Waals surface area (Å²) in [7, 11) is 1.56. The van der Waals surface area contributed by atoms with E-state index >= 15 is 0 Å². The number of rotatable bonds is 11. The maximum absolute atomic E-state index is 13.5. The molecule has 3 heterocycles. The lowest BCUT2D eigenvalue weighted by atomic mass is 9.94. The number of methoxy groups -OCH3 is 1. The zero-order valence-corrected chi connectivity index (χ0v) is 23.1. The molecule has 9 nitrogen and oxygen atoms in total. The number of hydrogen-bond donors (Lipinski definition) is 1. The number of fused-ring (bicyclic) bond motifs is 1. The minimum Gasteiger partial charge on any atom is -0.507 e. The molecule has 2 aliphatic rings. The van der Waals surface area contributed by atoms with E-state index in [9.17, 15) is 14.7 Å². The van der Waals surface area contributed by atoms with Crippen LogP contribution in [0.1, 0.15) is 55.8 Å². The number of carbonyl (C=O) groups is 2.